The standard InChI is InChI=1S/C14H19NO/c1-3-15-11(2)13-5-4-6-14(9-13)16-10-12-7-8-12/h3-6,9,11-12,15H,1,7-8,10H2,2H3/t11-/m1/s1. The Morgan fingerprint density at radius 2 is 2.38 bits per heavy atom. The summed E-state index contributed by atoms with van der Waals surface area (Å²) in [5.41, 5.74) is 1.23. The fourth-order valence-electron chi connectivity index (χ4n) is 1.65. The normalized spacial score (nSPS) is 16.6. The summed E-state index contributed by atoms with van der Waals surface area (Å²) in [6, 6.07) is 8.54. The summed E-state index contributed by atoms with van der Waals surface area (Å²) in [5, 5.41) is 3.17. The van der Waals surface area contributed by atoms with Crippen molar-refractivity contribution in [2.24, 2.45) is 5.92 Å². The third-order valence-corrected chi connectivity index (χ3v) is 2.91. The van der Waals surface area contributed by atoms with Crippen molar-refractivity contribution in [2.75, 3.05) is 6.61 Å². The second-order valence-corrected chi connectivity index (χ2v) is 4.42. The van der Waals surface area contributed by atoms with Gasteiger partial charge in [-0.25, -0.2) is 0 Å². The van der Waals surface area contributed by atoms with E-state index >= 15 is 0 Å². The van der Waals surface area contributed by atoms with Crippen LogP contribution in [0.15, 0.2) is 37.0 Å². The van der Waals surface area contributed by atoms with Crippen molar-refractivity contribution in [1.29, 1.82) is 0 Å². The topological polar surface area (TPSA) is 21.3 Å². The highest BCUT2D eigenvalue weighted by molar-refractivity contribution is 5.30. The summed E-state index contributed by atoms with van der Waals surface area (Å²) < 4.78 is 5.75. The first-order valence-corrected chi connectivity index (χ1v) is 5.89. The molecule has 0 bridgehead atoms. The van der Waals surface area contributed by atoms with Gasteiger partial charge in [0, 0.05) is 6.04 Å². The van der Waals surface area contributed by atoms with Crippen LogP contribution in [0.4, 0.5) is 0 Å². The molecule has 0 radical (unpaired) electrons. The Balaban J connectivity index is 1.96. The molecule has 0 spiro atoms. The monoisotopic (exact) mass is 217 g/mol. The molecule has 86 valence electrons. The molecule has 0 heterocycles. The minimum absolute atomic E-state index is 0.280. The summed E-state index contributed by atoms with van der Waals surface area (Å²) in [7, 11) is 0. The van der Waals surface area contributed by atoms with Crippen molar-refractivity contribution in [2.45, 2.75) is 25.8 Å². The summed E-state index contributed by atoms with van der Waals surface area (Å²) >= 11 is 0. The molecular weight excluding hydrogens is 198 g/mol. The number of hydrogen-bond acceptors (Lipinski definition) is 2. The fraction of sp³-hybridized carbons (Fsp3) is 0.429. The molecule has 16 heavy (non-hydrogen) atoms. The van der Waals surface area contributed by atoms with Crippen molar-refractivity contribution in [3.63, 3.8) is 0 Å². The molecule has 1 atom stereocenters. The van der Waals surface area contributed by atoms with Crippen LogP contribution in [0.2, 0.25) is 0 Å². The predicted molar refractivity (Wildman–Crippen MR) is 66.4 cm³/mol. The van der Waals surface area contributed by atoms with E-state index in [1.54, 1.807) is 6.20 Å². The van der Waals surface area contributed by atoms with Crippen LogP contribution in [0.5, 0.6) is 5.75 Å². The number of nitrogens with one attached hydrogen (secondary N) is 1. The van der Waals surface area contributed by atoms with E-state index in [0.29, 0.717) is 0 Å². The Labute approximate surface area is 97.3 Å². The van der Waals surface area contributed by atoms with Gasteiger partial charge < -0.3 is 10.1 Å². The van der Waals surface area contributed by atoms with Crippen LogP contribution in [0, 0.1) is 5.92 Å². The lowest BCUT2D eigenvalue weighted by Gasteiger charge is -2.13. The second kappa shape index (κ2) is 5.06. The van der Waals surface area contributed by atoms with Gasteiger partial charge in [0.1, 0.15) is 5.75 Å². The van der Waals surface area contributed by atoms with Crippen LogP contribution in [0.25, 0.3) is 0 Å². The first-order chi connectivity index (χ1) is 7.79. The molecular formula is C14H19NO. The molecule has 0 amide bonds. The van der Waals surface area contributed by atoms with Gasteiger partial charge in [-0.1, -0.05) is 18.7 Å². The number of ether oxygens (including phenoxy) is 1. The molecule has 1 aromatic carbocycles. The molecule has 1 aliphatic rings. The minimum atomic E-state index is 0.280. The van der Waals surface area contributed by atoms with E-state index in [1.807, 2.05) is 12.1 Å². The molecule has 1 aromatic rings. The van der Waals surface area contributed by atoms with E-state index in [9.17, 15) is 0 Å². The Morgan fingerprint density at radius 1 is 1.56 bits per heavy atom. The highest BCUT2D eigenvalue weighted by Crippen LogP contribution is 2.30. The zero-order valence-corrected chi connectivity index (χ0v) is 9.78. The highest BCUT2D eigenvalue weighted by Gasteiger charge is 2.21. The number of hydrogen-bond donors (Lipinski definition) is 1. The average Bonchev–Trinajstić information content (AvgIpc) is 3.11. The first kappa shape index (κ1) is 11.1. The Kier molecular flexibility index (Phi) is 3.50. The summed E-state index contributed by atoms with van der Waals surface area (Å²) in [5.74, 6) is 1.77. The van der Waals surface area contributed by atoms with Crippen molar-refractivity contribution in [1.82, 2.24) is 5.32 Å². The van der Waals surface area contributed by atoms with E-state index in [4.69, 9.17) is 4.74 Å². The van der Waals surface area contributed by atoms with Crippen molar-refractivity contribution >= 4 is 0 Å². The lowest BCUT2D eigenvalue weighted by molar-refractivity contribution is 0.299. The van der Waals surface area contributed by atoms with Crippen molar-refractivity contribution < 1.29 is 4.74 Å². The summed E-state index contributed by atoms with van der Waals surface area (Å²) in [6.07, 6.45) is 4.38. The SMILES string of the molecule is C=CN[C@H](C)c1cccc(OCC2CC2)c1. The minimum Gasteiger partial charge on any atom is -0.493 e. The van der Waals surface area contributed by atoms with Gasteiger partial charge >= 0.3 is 0 Å². The zero-order valence-electron chi connectivity index (χ0n) is 9.78. The van der Waals surface area contributed by atoms with Crippen LogP contribution in [0.1, 0.15) is 31.4 Å². The Bertz CT molecular complexity index is 358. The molecule has 1 fully saturated rings. The van der Waals surface area contributed by atoms with Crippen molar-refractivity contribution in [3.05, 3.63) is 42.6 Å². The second-order valence-electron chi connectivity index (χ2n) is 4.42. The van der Waals surface area contributed by atoms with Gasteiger partial charge in [-0.3, -0.25) is 0 Å². The molecule has 0 unspecified atom stereocenters. The maximum atomic E-state index is 5.75. The lowest BCUT2D eigenvalue weighted by Crippen LogP contribution is -2.11. The van der Waals surface area contributed by atoms with E-state index in [-0.39, 0.29) is 6.04 Å². The molecule has 2 heteroatoms. The van der Waals surface area contributed by atoms with E-state index in [1.165, 1.54) is 18.4 Å². The maximum Gasteiger partial charge on any atom is 0.119 e. The third-order valence-electron chi connectivity index (χ3n) is 2.91. The van der Waals surface area contributed by atoms with Crippen LogP contribution in [-0.4, -0.2) is 6.61 Å². The number of benzene rings is 1. The molecule has 0 aromatic heterocycles. The van der Waals surface area contributed by atoms with Crippen LogP contribution >= 0.6 is 0 Å². The molecule has 2 nitrogen and oxygen atoms in total. The van der Waals surface area contributed by atoms with E-state index in [2.05, 4.69) is 31.0 Å². The molecule has 2 rings (SSSR count). The largest absolute Gasteiger partial charge is 0.493 e. The lowest BCUT2D eigenvalue weighted by atomic mass is 10.1. The van der Waals surface area contributed by atoms with Gasteiger partial charge in [-0.2, -0.15) is 0 Å². The van der Waals surface area contributed by atoms with Gasteiger partial charge in [-0.05, 0) is 49.6 Å². The summed E-state index contributed by atoms with van der Waals surface area (Å²) in [4.78, 5) is 0. The van der Waals surface area contributed by atoms with E-state index < -0.39 is 0 Å². The van der Waals surface area contributed by atoms with Crippen LogP contribution < -0.4 is 10.1 Å². The zero-order chi connectivity index (χ0) is 11.4. The third kappa shape index (κ3) is 3.02. The van der Waals surface area contributed by atoms with Gasteiger partial charge in [-0.15, -0.1) is 0 Å². The maximum absolute atomic E-state index is 5.75. The molecule has 1 saturated carbocycles. The van der Waals surface area contributed by atoms with E-state index in [0.717, 1.165) is 18.3 Å². The van der Waals surface area contributed by atoms with Crippen LogP contribution in [-0.2, 0) is 0 Å². The smallest absolute Gasteiger partial charge is 0.119 e. The fourth-order valence-corrected chi connectivity index (χ4v) is 1.65. The summed E-state index contributed by atoms with van der Waals surface area (Å²) in [6.45, 7) is 6.65. The number of rotatable bonds is 6. The van der Waals surface area contributed by atoms with Gasteiger partial charge in [0.25, 0.3) is 0 Å². The van der Waals surface area contributed by atoms with Gasteiger partial charge in [0.2, 0.25) is 0 Å². The first-order valence-electron chi connectivity index (χ1n) is 5.89. The van der Waals surface area contributed by atoms with Gasteiger partial charge in [0.05, 0.1) is 6.61 Å². The van der Waals surface area contributed by atoms with Crippen molar-refractivity contribution in [3.8, 4) is 5.75 Å². The molecule has 0 aliphatic heterocycles. The van der Waals surface area contributed by atoms with Gasteiger partial charge in [0.15, 0.2) is 0 Å². The molecule has 1 N–H and O–H groups in total. The van der Waals surface area contributed by atoms with Crippen LogP contribution in [0.3, 0.4) is 0 Å². The average molecular weight is 217 g/mol. The predicted octanol–water partition coefficient (Wildman–Crippen LogP) is 3.27. The Morgan fingerprint density at radius 3 is 3.06 bits per heavy atom. The Hall–Kier alpha value is -1.44. The highest BCUT2D eigenvalue weighted by atomic mass is 16.5. The molecule has 1 aliphatic carbocycles. The quantitative estimate of drug-likeness (QED) is 0.789. The molecule has 0 saturated heterocycles.